The Balaban J connectivity index is 1.40. The molecule has 1 aliphatic heterocycles. The molecule has 1 atom stereocenters. The number of hydrogen-bond donors (Lipinski definition) is 3. The molecule has 204 valence electrons. The molecule has 1 saturated heterocycles. The van der Waals surface area contributed by atoms with Crippen LogP contribution >= 0.6 is 0 Å². The molecule has 0 unspecified atom stereocenters. The summed E-state index contributed by atoms with van der Waals surface area (Å²) in [4.78, 5) is 34.9. The van der Waals surface area contributed by atoms with E-state index < -0.39 is 53.3 Å². The minimum atomic E-state index is -4.73. The van der Waals surface area contributed by atoms with Crippen LogP contribution < -0.4 is 15.8 Å². The minimum Gasteiger partial charge on any atom is -0.481 e. The summed E-state index contributed by atoms with van der Waals surface area (Å²) in [6.45, 7) is 1.04. The third-order valence-corrected chi connectivity index (χ3v) is 6.71. The fraction of sp³-hybridized carbons (Fsp3) is 0.458. The number of pyridine rings is 1. The third-order valence-electron chi connectivity index (χ3n) is 6.71. The number of nitrogens with two attached hydrogens (primary N) is 1. The van der Waals surface area contributed by atoms with Crippen LogP contribution in [-0.4, -0.2) is 51.6 Å². The molecule has 0 aromatic carbocycles. The highest BCUT2D eigenvalue weighted by atomic mass is 19.4. The molecule has 2 aliphatic rings. The summed E-state index contributed by atoms with van der Waals surface area (Å²) >= 11 is 0. The van der Waals surface area contributed by atoms with Crippen LogP contribution in [0.3, 0.4) is 0 Å². The van der Waals surface area contributed by atoms with Crippen LogP contribution in [-0.2, 0) is 22.3 Å². The average molecular weight is 539 g/mol. The van der Waals surface area contributed by atoms with Gasteiger partial charge in [0.25, 0.3) is 5.91 Å². The molecule has 0 radical (unpaired) electrons. The predicted octanol–water partition coefficient (Wildman–Crippen LogP) is 2.84. The van der Waals surface area contributed by atoms with Crippen molar-refractivity contribution in [1.82, 2.24) is 20.2 Å². The number of halogens is 4. The Kier molecular flexibility index (Phi) is 7.17. The number of carbonyl (C=O) groups excluding carboxylic acids is 2. The normalized spacial score (nSPS) is 18.8. The predicted molar refractivity (Wildman–Crippen MR) is 124 cm³/mol. The van der Waals surface area contributed by atoms with Gasteiger partial charge in [-0.3, -0.25) is 9.59 Å². The van der Waals surface area contributed by atoms with E-state index >= 15 is 0 Å². The summed E-state index contributed by atoms with van der Waals surface area (Å²) < 4.78 is 63.1. The van der Waals surface area contributed by atoms with E-state index in [0.29, 0.717) is 19.3 Å². The van der Waals surface area contributed by atoms with Crippen LogP contribution in [0, 0.1) is 24.1 Å². The molecular weight excluding hydrogens is 512 g/mol. The van der Waals surface area contributed by atoms with Crippen molar-refractivity contribution in [1.29, 1.82) is 5.41 Å². The fourth-order valence-corrected chi connectivity index (χ4v) is 4.67. The highest BCUT2D eigenvalue weighted by Gasteiger charge is 2.54. The first-order chi connectivity index (χ1) is 17.8. The van der Waals surface area contributed by atoms with Gasteiger partial charge in [0.2, 0.25) is 17.5 Å². The van der Waals surface area contributed by atoms with E-state index in [0.717, 1.165) is 12.3 Å². The summed E-state index contributed by atoms with van der Waals surface area (Å²) in [5, 5.41) is 10.7. The first-order valence-electron chi connectivity index (χ1n) is 11.7. The van der Waals surface area contributed by atoms with Crippen LogP contribution in [0.2, 0.25) is 0 Å². The van der Waals surface area contributed by atoms with Gasteiger partial charge in [0.05, 0.1) is 31.3 Å². The van der Waals surface area contributed by atoms with Gasteiger partial charge in [-0.25, -0.2) is 14.4 Å². The average Bonchev–Trinajstić information content (AvgIpc) is 3.51. The van der Waals surface area contributed by atoms with Gasteiger partial charge in [0.15, 0.2) is 11.7 Å². The zero-order valence-corrected chi connectivity index (χ0v) is 20.6. The second-order valence-corrected chi connectivity index (χ2v) is 9.31. The number of alkyl halides is 3. The van der Waals surface area contributed by atoms with Gasteiger partial charge in [0, 0.05) is 36.6 Å². The number of rotatable bonds is 7. The lowest BCUT2D eigenvalue weighted by atomic mass is 9.88. The van der Waals surface area contributed by atoms with Crippen molar-refractivity contribution in [2.75, 3.05) is 13.7 Å². The molecule has 2 fully saturated rings. The van der Waals surface area contributed by atoms with E-state index in [4.69, 9.17) is 15.9 Å². The monoisotopic (exact) mass is 538 g/mol. The number of aryl methyl sites for hydroxylation is 1. The number of amides is 2. The van der Waals surface area contributed by atoms with Crippen molar-refractivity contribution in [3.8, 4) is 5.88 Å². The number of carbonyl (C=O) groups is 2. The number of piperidine rings is 1. The Morgan fingerprint density at radius 3 is 2.74 bits per heavy atom. The number of nitrogens with zero attached hydrogens (tertiary/aromatic N) is 3. The van der Waals surface area contributed by atoms with Crippen molar-refractivity contribution >= 4 is 17.5 Å². The Morgan fingerprint density at radius 1 is 1.39 bits per heavy atom. The molecule has 1 aliphatic carbocycles. The van der Waals surface area contributed by atoms with Crippen LogP contribution in [0.4, 0.5) is 17.6 Å². The zero-order valence-electron chi connectivity index (χ0n) is 20.6. The number of nitrogens with one attached hydrogen (secondary N) is 2. The molecule has 1 saturated carbocycles. The molecule has 2 aromatic heterocycles. The van der Waals surface area contributed by atoms with Gasteiger partial charge < -0.3 is 30.5 Å². The van der Waals surface area contributed by atoms with Gasteiger partial charge in [-0.15, -0.1) is 0 Å². The highest BCUT2D eigenvalue weighted by Crippen LogP contribution is 2.50. The number of allylic oxidation sites excluding steroid dienone is 1. The Labute approximate surface area is 214 Å². The third kappa shape index (κ3) is 5.48. The molecule has 10 nitrogen and oxygen atoms in total. The fourth-order valence-electron chi connectivity index (χ4n) is 4.67. The summed E-state index contributed by atoms with van der Waals surface area (Å²) in [5.41, 5.74) is 4.24. The zero-order chi connectivity index (χ0) is 27.8. The summed E-state index contributed by atoms with van der Waals surface area (Å²) in [5.74, 6) is -3.59. The first kappa shape index (κ1) is 27.1. The summed E-state index contributed by atoms with van der Waals surface area (Å²) in [7, 11) is 1.34. The van der Waals surface area contributed by atoms with E-state index in [9.17, 15) is 27.2 Å². The van der Waals surface area contributed by atoms with Gasteiger partial charge in [0.1, 0.15) is 5.69 Å². The molecule has 3 heterocycles. The lowest BCUT2D eigenvalue weighted by Crippen LogP contribution is -2.51. The van der Waals surface area contributed by atoms with Gasteiger partial charge in [-0.05, 0) is 31.8 Å². The van der Waals surface area contributed by atoms with E-state index in [1.165, 1.54) is 20.1 Å². The Bertz CT molecular complexity index is 1300. The van der Waals surface area contributed by atoms with E-state index in [2.05, 4.69) is 19.7 Å². The van der Waals surface area contributed by atoms with Gasteiger partial charge in [-0.1, -0.05) is 0 Å². The summed E-state index contributed by atoms with van der Waals surface area (Å²) in [6, 6.07) is 1.22. The molecule has 14 heteroatoms. The Morgan fingerprint density at radius 2 is 2.11 bits per heavy atom. The SMILES string of the molecule is COc1cc(C(=N)/C=C(\N)C(=O)N2CC[C@H](C(=O)NCc3nc(C)oc3C(F)(F)F)CC23CC3)c(F)cn1. The molecule has 2 amide bonds. The number of hydrogen-bond acceptors (Lipinski definition) is 8. The standard InChI is InChI=1S/C24H26F4N6O4/c1-12-33-18(20(38-12)24(26,27)28)11-32-21(35)13-3-6-34(23(9-13)4-5-23)22(36)17(30)8-16(29)14-7-19(37-2)31-10-15(14)25/h7-8,10,13,29H,3-6,9,11,30H2,1-2H3,(H,32,35)/b17-8-,29-16?/t13-/m0/s1. The maximum atomic E-state index is 14.1. The molecule has 4 N–H and O–H groups in total. The van der Waals surface area contributed by atoms with E-state index in [1.54, 1.807) is 4.90 Å². The molecule has 4 rings (SSSR count). The van der Waals surface area contributed by atoms with Crippen molar-refractivity contribution in [3.63, 3.8) is 0 Å². The lowest BCUT2D eigenvalue weighted by Gasteiger charge is -2.39. The first-order valence-corrected chi connectivity index (χ1v) is 11.7. The van der Waals surface area contributed by atoms with Crippen LogP contribution in [0.5, 0.6) is 5.88 Å². The maximum absolute atomic E-state index is 14.1. The number of aromatic nitrogens is 2. The van der Waals surface area contributed by atoms with Crippen LogP contribution in [0.25, 0.3) is 0 Å². The Hall–Kier alpha value is -3.97. The topological polar surface area (TPSA) is 147 Å². The van der Waals surface area contributed by atoms with Crippen molar-refractivity contribution < 1.29 is 36.3 Å². The molecule has 2 aromatic rings. The molecular formula is C24H26F4N6O4. The lowest BCUT2D eigenvalue weighted by molar-refractivity contribution is -0.154. The smallest absolute Gasteiger partial charge is 0.451 e. The van der Waals surface area contributed by atoms with Crippen molar-refractivity contribution in [3.05, 3.63) is 52.8 Å². The number of methoxy groups -OCH3 is 1. The van der Waals surface area contributed by atoms with Crippen LogP contribution in [0.15, 0.2) is 28.5 Å². The summed E-state index contributed by atoms with van der Waals surface area (Å²) in [6.07, 6.45) is -0.928. The van der Waals surface area contributed by atoms with Gasteiger partial charge >= 0.3 is 6.18 Å². The van der Waals surface area contributed by atoms with Gasteiger partial charge in [-0.2, -0.15) is 13.2 Å². The van der Waals surface area contributed by atoms with Crippen molar-refractivity contribution in [2.24, 2.45) is 11.7 Å². The minimum absolute atomic E-state index is 0.0926. The molecule has 1 spiro atoms. The number of oxazole rings is 1. The second-order valence-electron chi connectivity index (χ2n) is 9.31. The van der Waals surface area contributed by atoms with Crippen LogP contribution in [0.1, 0.15) is 48.6 Å². The van der Waals surface area contributed by atoms with E-state index in [1.807, 2.05) is 0 Å². The maximum Gasteiger partial charge on any atom is 0.451 e. The van der Waals surface area contributed by atoms with Crippen molar-refractivity contribution in [2.45, 2.75) is 50.9 Å². The molecule has 38 heavy (non-hydrogen) atoms. The quantitative estimate of drug-likeness (QED) is 0.279. The second kappa shape index (κ2) is 10.1. The number of ether oxygens (including phenoxy) is 1. The number of likely N-dealkylation sites (tertiary alicyclic amines) is 1. The van der Waals surface area contributed by atoms with E-state index in [-0.39, 0.29) is 41.7 Å². The largest absolute Gasteiger partial charge is 0.481 e. The molecule has 0 bridgehead atoms. The highest BCUT2D eigenvalue weighted by molar-refractivity contribution is 6.11.